The topological polar surface area (TPSA) is 91.3 Å². The average molecular weight is 275 g/mol. The van der Waals surface area contributed by atoms with E-state index in [4.69, 9.17) is 5.11 Å². The predicted molar refractivity (Wildman–Crippen MR) is 74.7 cm³/mol. The van der Waals surface area contributed by atoms with Gasteiger partial charge in [-0.1, -0.05) is 12.2 Å². The number of carboxylic acid groups (broad SMARTS) is 1. The highest BCUT2D eigenvalue weighted by Crippen LogP contribution is 2.17. The molecule has 0 aliphatic heterocycles. The van der Waals surface area contributed by atoms with Crippen molar-refractivity contribution in [3.8, 4) is 0 Å². The van der Waals surface area contributed by atoms with E-state index < -0.39 is 12.0 Å². The second kappa shape index (κ2) is 6.70. The van der Waals surface area contributed by atoms with Crippen molar-refractivity contribution in [1.82, 2.24) is 10.3 Å². The maximum absolute atomic E-state index is 11.8. The number of aromatic carboxylic acids is 1. The largest absolute Gasteiger partial charge is 0.476 e. The molecule has 2 amide bonds. The molecule has 6 heteroatoms. The minimum atomic E-state index is -1.17. The van der Waals surface area contributed by atoms with Crippen LogP contribution in [0, 0.1) is 5.92 Å². The fourth-order valence-electron chi connectivity index (χ4n) is 2.12. The van der Waals surface area contributed by atoms with Gasteiger partial charge in [0.2, 0.25) is 0 Å². The van der Waals surface area contributed by atoms with Crippen LogP contribution >= 0.6 is 0 Å². The van der Waals surface area contributed by atoms with Gasteiger partial charge in [-0.2, -0.15) is 0 Å². The minimum Gasteiger partial charge on any atom is -0.476 e. The summed E-state index contributed by atoms with van der Waals surface area (Å²) in [7, 11) is 0. The number of anilines is 1. The molecule has 1 aromatic rings. The Morgan fingerprint density at radius 2 is 2.25 bits per heavy atom. The smallest absolute Gasteiger partial charge is 0.356 e. The van der Waals surface area contributed by atoms with Crippen LogP contribution in [0.2, 0.25) is 0 Å². The second-order valence-electron chi connectivity index (χ2n) is 4.69. The number of carbonyl (C=O) groups is 2. The summed E-state index contributed by atoms with van der Waals surface area (Å²) in [4.78, 5) is 26.5. The average Bonchev–Trinajstić information content (AvgIpc) is 2.46. The van der Waals surface area contributed by atoms with E-state index in [-0.39, 0.29) is 11.4 Å². The summed E-state index contributed by atoms with van der Waals surface area (Å²) in [6, 6.07) is 2.68. The minimum absolute atomic E-state index is 0.164. The summed E-state index contributed by atoms with van der Waals surface area (Å²) in [5.74, 6) is -0.725. The van der Waals surface area contributed by atoms with Gasteiger partial charge in [0, 0.05) is 12.7 Å². The molecule has 0 radical (unpaired) electrons. The lowest BCUT2D eigenvalue weighted by atomic mass is 9.94. The third-order valence-electron chi connectivity index (χ3n) is 3.19. The van der Waals surface area contributed by atoms with E-state index in [1.807, 2.05) is 0 Å². The molecule has 1 atom stereocenters. The third kappa shape index (κ3) is 3.81. The lowest BCUT2D eigenvalue weighted by Gasteiger charge is -2.18. The highest BCUT2D eigenvalue weighted by atomic mass is 16.4. The van der Waals surface area contributed by atoms with Crippen LogP contribution in [0.3, 0.4) is 0 Å². The van der Waals surface area contributed by atoms with E-state index in [0.717, 1.165) is 19.3 Å². The van der Waals surface area contributed by atoms with Crippen LogP contribution in [-0.4, -0.2) is 28.6 Å². The highest BCUT2D eigenvalue weighted by Gasteiger charge is 2.15. The molecule has 0 bridgehead atoms. The Kier molecular flexibility index (Phi) is 4.70. The first-order chi connectivity index (χ1) is 9.66. The third-order valence-corrected chi connectivity index (χ3v) is 3.19. The number of carbonyl (C=O) groups excluding carboxylic acids is 1. The standard InChI is InChI=1S/C14H17N3O3/c18-13(19)12-11(7-4-8-15-12)17-14(20)16-9-10-5-2-1-3-6-10/h1-2,4,7-8,10H,3,5-6,9H2,(H,18,19)(H2,16,17,20). The molecule has 2 rings (SSSR count). The van der Waals surface area contributed by atoms with Crippen molar-refractivity contribution in [2.24, 2.45) is 5.92 Å². The summed E-state index contributed by atoms with van der Waals surface area (Å²) in [6.45, 7) is 0.582. The Labute approximate surface area is 116 Å². The molecule has 3 N–H and O–H groups in total. The van der Waals surface area contributed by atoms with Gasteiger partial charge in [-0.25, -0.2) is 14.6 Å². The predicted octanol–water partition coefficient (Wildman–Crippen LogP) is 2.26. The summed E-state index contributed by atoms with van der Waals surface area (Å²) in [5, 5.41) is 14.3. The maximum atomic E-state index is 11.8. The molecule has 1 aromatic heterocycles. The van der Waals surface area contributed by atoms with Crippen LogP contribution < -0.4 is 10.6 Å². The Hall–Kier alpha value is -2.37. The molecule has 0 spiro atoms. The van der Waals surface area contributed by atoms with Crippen LogP contribution in [-0.2, 0) is 0 Å². The number of amides is 2. The van der Waals surface area contributed by atoms with E-state index in [2.05, 4.69) is 27.8 Å². The van der Waals surface area contributed by atoms with Gasteiger partial charge >= 0.3 is 12.0 Å². The lowest BCUT2D eigenvalue weighted by Crippen LogP contribution is -2.33. The maximum Gasteiger partial charge on any atom is 0.356 e. The molecule has 1 aliphatic rings. The molecule has 0 saturated heterocycles. The molecular formula is C14H17N3O3. The molecule has 0 fully saturated rings. The zero-order valence-electron chi connectivity index (χ0n) is 11.0. The Bertz CT molecular complexity index is 528. The molecule has 0 aromatic carbocycles. The number of nitrogens with one attached hydrogen (secondary N) is 2. The lowest BCUT2D eigenvalue weighted by molar-refractivity contribution is 0.0692. The van der Waals surface area contributed by atoms with E-state index in [0.29, 0.717) is 12.5 Å². The number of rotatable bonds is 4. The van der Waals surface area contributed by atoms with Crippen LogP contribution in [0.25, 0.3) is 0 Å². The molecule has 6 nitrogen and oxygen atoms in total. The summed E-state index contributed by atoms with van der Waals surface area (Å²) in [6.07, 6.45) is 8.71. The van der Waals surface area contributed by atoms with Crippen molar-refractivity contribution in [3.63, 3.8) is 0 Å². The van der Waals surface area contributed by atoms with Crippen LogP contribution in [0.15, 0.2) is 30.5 Å². The molecule has 1 heterocycles. The quantitative estimate of drug-likeness (QED) is 0.735. The van der Waals surface area contributed by atoms with E-state index in [1.54, 1.807) is 6.07 Å². The van der Waals surface area contributed by atoms with Gasteiger partial charge in [-0.15, -0.1) is 0 Å². The zero-order valence-corrected chi connectivity index (χ0v) is 11.0. The van der Waals surface area contributed by atoms with Gasteiger partial charge in [0.15, 0.2) is 5.69 Å². The van der Waals surface area contributed by atoms with Crippen LogP contribution in [0.4, 0.5) is 10.5 Å². The molecule has 106 valence electrons. The highest BCUT2D eigenvalue weighted by molar-refractivity contribution is 5.98. The Balaban J connectivity index is 1.88. The van der Waals surface area contributed by atoms with Crippen molar-refractivity contribution < 1.29 is 14.7 Å². The summed E-state index contributed by atoms with van der Waals surface area (Å²) >= 11 is 0. The number of carboxylic acids is 1. The first kappa shape index (κ1) is 14.0. The van der Waals surface area contributed by atoms with Crippen LogP contribution in [0.5, 0.6) is 0 Å². The van der Waals surface area contributed by atoms with E-state index in [1.165, 1.54) is 12.3 Å². The number of allylic oxidation sites excluding steroid dienone is 2. The van der Waals surface area contributed by atoms with Gasteiger partial charge < -0.3 is 15.7 Å². The van der Waals surface area contributed by atoms with Gasteiger partial charge in [-0.3, -0.25) is 0 Å². The number of urea groups is 1. The van der Waals surface area contributed by atoms with Crippen molar-refractivity contribution in [2.45, 2.75) is 19.3 Å². The molecular weight excluding hydrogens is 258 g/mol. The second-order valence-corrected chi connectivity index (χ2v) is 4.69. The van der Waals surface area contributed by atoms with Gasteiger partial charge in [-0.05, 0) is 37.3 Å². The fraction of sp³-hybridized carbons (Fsp3) is 0.357. The van der Waals surface area contributed by atoms with E-state index in [9.17, 15) is 9.59 Å². The first-order valence-corrected chi connectivity index (χ1v) is 6.55. The molecule has 1 unspecified atom stereocenters. The number of nitrogens with zero attached hydrogens (tertiary/aromatic N) is 1. The molecule has 1 aliphatic carbocycles. The fourth-order valence-corrected chi connectivity index (χ4v) is 2.12. The first-order valence-electron chi connectivity index (χ1n) is 6.55. The van der Waals surface area contributed by atoms with Crippen LogP contribution in [0.1, 0.15) is 29.8 Å². The normalized spacial score (nSPS) is 17.5. The molecule has 0 saturated carbocycles. The SMILES string of the molecule is O=C(NCC1CC=CCC1)Nc1cccnc1C(=O)O. The van der Waals surface area contributed by atoms with Gasteiger partial charge in [0.25, 0.3) is 0 Å². The zero-order chi connectivity index (χ0) is 14.4. The van der Waals surface area contributed by atoms with Crippen molar-refractivity contribution >= 4 is 17.7 Å². The number of hydrogen-bond acceptors (Lipinski definition) is 3. The van der Waals surface area contributed by atoms with Gasteiger partial charge in [0.05, 0.1) is 5.69 Å². The monoisotopic (exact) mass is 275 g/mol. The van der Waals surface area contributed by atoms with Crippen molar-refractivity contribution in [2.75, 3.05) is 11.9 Å². The van der Waals surface area contributed by atoms with E-state index >= 15 is 0 Å². The summed E-state index contributed by atoms with van der Waals surface area (Å²) < 4.78 is 0. The Morgan fingerprint density at radius 3 is 2.95 bits per heavy atom. The van der Waals surface area contributed by atoms with Crippen molar-refractivity contribution in [1.29, 1.82) is 0 Å². The summed E-state index contributed by atoms with van der Waals surface area (Å²) in [5.41, 5.74) is 0.0317. The van der Waals surface area contributed by atoms with Crippen molar-refractivity contribution in [3.05, 3.63) is 36.2 Å². The Morgan fingerprint density at radius 1 is 1.40 bits per heavy atom. The number of hydrogen-bond donors (Lipinski definition) is 3. The molecule has 20 heavy (non-hydrogen) atoms. The number of pyridine rings is 1. The van der Waals surface area contributed by atoms with Gasteiger partial charge in [0.1, 0.15) is 0 Å². The number of aromatic nitrogens is 1.